The molecule has 0 saturated carbocycles. The molecular formula is C7H13BrO5. The normalized spacial score (nSPS) is 46.4. The Morgan fingerprint density at radius 2 is 1.85 bits per heavy atom. The molecular weight excluding hydrogens is 244 g/mol. The Bertz CT molecular complexity index is 147. The van der Waals surface area contributed by atoms with Crippen LogP contribution in [0.25, 0.3) is 0 Å². The summed E-state index contributed by atoms with van der Waals surface area (Å²) in [6, 6.07) is 0. The van der Waals surface area contributed by atoms with Gasteiger partial charge in [-0.15, -0.1) is 0 Å². The van der Waals surface area contributed by atoms with E-state index in [4.69, 9.17) is 9.47 Å². The van der Waals surface area contributed by atoms with Gasteiger partial charge >= 0.3 is 0 Å². The van der Waals surface area contributed by atoms with Gasteiger partial charge in [-0.2, -0.15) is 0 Å². The Labute approximate surface area is 84.4 Å². The zero-order valence-corrected chi connectivity index (χ0v) is 8.72. The van der Waals surface area contributed by atoms with E-state index in [1.165, 1.54) is 7.11 Å². The summed E-state index contributed by atoms with van der Waals surface area (Å²) in [5.74, 6) is 0. The zero-order valence-electron chi connectivity index (χ0n) is 7.13. The van der Waals surface area contributed by atoms with E-state index in [9.17, 15) is 15.3 Å². The van der Waals surface area contributed by atoms with Crippen molar-refractivity contribution in [3.05, 3.63) is 0 Å². The molecule has 0 aromatic carbocycles. The van der Waals surface area contributed by atoms with Crippen LogP contribution < -0.4 is 0 Å². The van der Waals surface area contributed by atoms with Gasteiger partial charge in [-0.1, -0.05) is 15.9 Å². The predicted octanol–water partition coefficient (Wildman–Crippen LogP) is -1.16. The highest BCUT2D eigenvalue weighted by Crippen LogP contribution is 2.22. The van der Waals surface area contributed by atoms with Gasteiger partial charge in [0.1, 0.15) is 18.3 Å². The maximum absolute atomic E-state index is 9.40. The van der Waals surface area contributed by atoms with Crippen LogP contribution in [0.15, 0.2) is 0 Å². The first-order chi connectivity index (χ1) is 6.11. The van der Waals surface area contributed by atoms with Crippen molar-refractivity contribution in [2.24, 2.45) is 0 Å². The molecule has 3 N–H and O–H groups in total. The Balaban J connectivity index is 2.66. The number of hydrogen-bond donors (Lipinski definition) is 3. The van der Waals surface area contributed by atoms with Gasteiger partial charge in [0.2, 0.25) is 0 Å². The van der Waals surface area contributed by atoms with Gasteiger partial charge in [0, 0.05) is 12.4 Å². The molecule has 1 aliphatic rings. The highest BCUT2D eigenvalue weighted by molar-refractivity contribution is 9.09. The number of hydrogen-bond acceptors (Lipinski definition) is 5. The van der Waals surface area contributed by atoms with Crippen molar-refractivity contribution in [2.75, 3.05) is 12.4 Å². The Kier molecular flexibility index (Phi) is 4.08. The quantitative estimate of drug-likeness (QED) is 0.543. The molecule has 5 atom stereocenters. The topological polar surface area (TPSA) is 79.2 Å². The monoisotopic (exact) mass is 256 g/mol. The molecule has 0 spiro atoms. The number of aliphatic hydroxyl groups excluding tert-OH is 3. The maximum atomic E-state index is 9.40. The highest BCUT2D eigenvalue weighted by Gasteiger charge is 2.43. The summed E-state index contributed by atoms with van der Waals surface area (Å²) in [6.45, 7) is 0. The summed E-state index contributed by atoms with van der Waals surface area (Å²) in [5, 5.41) is 28.5. The van der Waals surface area contributed by atoms with E-state index in [0.29, 0.717) is 5.33 Å². The summed E-state index contributed by atoms with van der Waals surface area (Å²) >= 11 is 3.12. The number of ether oxygens (including phenoxy) is 2. The third kappa shape index (κ3) is 2.20. The number of aliphatic hydroxyl groups is 3. The number of halogens is 1. The minimum atomic E-state index is -1.23. The SMILES string of the molecule is CO[C@H]1O[C@H](CBr)[C@H](O)[C@H](O)[C@H]1O. The fourth-order valence-corrected chi connectivity index (χ4v) is 1.77. The van der Waals surface area contributed by atoms with Crippen LogP contribution in [0.3, 0.4) is 0 Å². The van der Waals surface area contributed by atoms with Crippen molar-refractivity contribution in [1.82, 2.24) is 0 Å². The molecule has 0 radical (unpaired) electrons. The fourth-order valence-electron chi connectivity index (χ4n) is 1.24. The predicted molar refractivity (Wildman–Crippen MR) is 47.5 cm³/mol. The molecule has 1 rings (SSSR count). The van der Waals surface area contributed by atoms with Crippen molar-refractivity contribution < 1.29 is 24.8 Å². The first-order valence-electron chi connectivity index (χ1n) is 3.90. The molecule has 13 heavy (non-hydrogen) atoms. The Morgan fingerprint density at radius 1 is 1.23 bits per heavy atom. The van der Waals surface area contributed by atoms with E-state index < -0.39 is 30.7 Å². The lowest BCUT2D eigenvalue weighted by atomic mass is 10.0. The molecule has 0 aliphatic carbocycles. The molecule has 6 heteroatoms. The minimum absolute atomic E-state index is 0.373. The summed E-state index contributed by atoms with van der Waals surface area (Å²) < 4.78 is 9.94. The standard InChI is InChI=1S/C7H13BrO5/c1-12-7-6(11)5(10)4(9)3(2-8)13-7/h3-7,9-11H,2H2,1H3/t3-,4+,5+,6-,7+/m1/s1. The summed E-state index contributed by atoms with van der Waals surface area (Å²) in [4.78, 5) is 0. The average molecular weight is 257 g/mol. The largest absolute Gasteiger partial charge is 0.388 e. The van der Waals surface area contributed by atoms with Gasteiger partial charge in [0.15, 0.2) is 6.29 Å². The molecule has 1 heterocycles. The second-order valence-corrected chi connectivity index (χ2v) is 3.55. The third-order valence-corrected chi connectivity index (χ3v) is 2.69. The van der Waals surface area contributed by atoms with Crippen LogP contribution >= 0.6 is 15.9 Å². The second kappa shape index (κ2) is 4.68. The maximum Gasteiger partial charge on any atom is 0.186 e. The van der Waals surface area contributed by atoms with Gasteiger partial charge in [0.05, 0.1) is 6.10 Å². The summed E-state index contributed by atoms with van der Waals surface area (Å²) in [5.41, 5.74) is 0. The molecule has 0 bridgehead atoms. The van der Waals surface area contributed by atoms with E-state index in [1.54, 1.807) is 0 Å². The van der Waals surface area contributed by atoms with Gasteiger partial charge in [-0.3, -0.25) is 0 Å². The van der Waals surface area contributed by atoms with Crippen LogP contribution in [0.5, 0.6) is 0 Å². The van der Waals surface area contributed by atoms with Crippen LogP contribution in [-0.4, -0.2) is 58.5 Å². The lowest BCUT2D eigenvalue weighted by Crippen LogP contribution is -2.58. The van der Waals surface area contributed by atoms with Crippen molar-refractivity contribution in [3.8, 4) is 0 Å². The first kappa shape index (κ1) is 11.4. The average Bonchev–Trinajstić information content (AvgIpc) is 2.15. The molecule has 1 saturated heterocycles. The van der Waals surface area contributed by atoms with Crippen LogP contribution in [0.4, 0.5) is 0 Å². The molecule has 1 aliphatic heterocycles. The van der Waals surface area contributed by atoms with Crippen LogP contribution in [0, 0.1) is 0 Å². The smallest absolute Gasteiger partial charge is 0.186 e. The van der Waals surface area contributed by atoms with Crippen molar-refractivity contribution >= 4 is 15.9 Å². The highest BCUT2D eigenvalue weighted by atomic mass is 79.9. The zero-order chi connectivity index (χ0) is 10.0. The van der Waals surface area contributed by atoms with E-state index in [1.807, 2.05) is 0 Å². The van der Waals surface area contributed by atoms with Crippen LogP contribution in [-0.2, 0) is 9.47 Å². The molecule has 1 fully saturated rings. The molecule has 5 nitrogen and oxygen atoms in total. The number of alkyl halides is 1. The molecule has 0 amide bonds. The van der Waals surface area contributed by atoms with Gasteiger partial charge in [-0.25, -0.2) is 0 Å². The first-order valence-corrected chi connectivity index (χ1v) is 5.02. The molecule has 0 unspecified atom stereocenters. The Morgan fingerprint density at radius 3 is 2.31 bits per heavy atom. The molecule has 78 valence electrons. The lowest BCUT2D eigenvalue weighted by molar-refractivity contribution is -0.284. The van der Waals surface area contributed by atoms with Crippen molar-refractivity contribution in [2.45, 2.75) is 30.7 Å². The fraction of sp³-hybridized carbons (Fsp3) is 1.00. The van der Waals surface area contributed by atoms with Crippen LogP contribution in [0.2, 0.25) is 0 Å². The van der Waals surface area contributed by atoms with Gasteiger partial charge < -0.3 is 24.8 Å². The van der Waals surface area contributed by atoms with Gasteiger partial charge in [0.25, 0.3) is 0 Å². The third-order valence-electron chi connectivity index (χ3n) is 2.05. The number of rotatable bonds is 2. The van der Waals surface area contributed by atoms with Crippen LogP contribution in [0.1, 0.15) is 0 Å². The lowest BCUT2D eigenvalue weighted by Gasteiger charge is -2.39. The Hall–Kier alpha value is 0.280. The summed E-state index contributed by atoms with van der Waals surface area (Å²) in [7, 11) is 1.36. The summed E-state index contributed by atoms with van der Waals surface area (Å²) in [6.07, 6.45) is -5.00. The second-order valence-electron chi connectivity index (χ2n) is 2.90. The molecule has 0 aromatic heterocycles. The van der Waals surface area contributed by atoms with Gasteiger partial charge in [-0.05, 0) is 0 Å². The van der Waals surface area contributed by atoms with E-state index in [-0.39, 0.29) is 0 Å². The minimum Gasteiger partial charge on any atom is -0.388 e. The van der Waals surface area contributed by atoms with Crippen molar-refractivity contribution in [1.29, 1.82) is 0 Å². The van der Waals surface area contributed by atoms with E-state index >= 15 is 0 Å². The number of methoxy groups -OCH3 is 1. The van der Waals surface area contributed by atoms with E-state index in [2.05, 4.69) is 15.9 Å². The van der Waals surface area contributed by atoms with E-state index in [0.717, 1.165) is 0 Å². The molecule has 0 aromatic rings. The van der Waals surface area contributed by atoms with Crippen molar-refractivity contribution in [3.63, 3.8) is 0 Å².